The minimum atomic E-state index is -0.547. The van der Waals surface area contributed by atoms with Crippen LogP contribution in [0.5, 0.6) is 0 Å². The third kappa shape index (κ3) is 5.03. The molecule has 0 amide bonds. The fourth-order valence-corrected chi connectivity index (χ4v) is 7.77. The van der Waals surface area contributed by atoms with Crippen LogP contribution in [0, 0.1) is 0 Å². The van der Waals surface area contributed by atoms with Crippen LogP contribution in [0.3, 0.4) is 0 Å². The Morgan fingerprint density at radius 2 is 0.800 bits per heavy atom. The highest BCUT2D eigenvalue weighted by atomic mass is 15.2. The van der Waals surface area contributed by atoms with Gasteiger partial charge < -0.3 is 4.90 Å². The van der Waals surface area contributed by atoms with E-state index >= 15 is 0 Å². The number of hydrogen-bond donors (Lipinski definition) is 0. The summed E-state index contributed by atoms with van der Waals surface area (Å²) in [5.41, 5.74) is 12.7. The maximum Gasteiger partial charge on any atom is 0.0863 e. The van der Waals surface area contributed by atoms with Crippen molar-refractivity contribution in [3.8, 4) is 22.3 Å². The van der Waals surface area contributed by atoms with Crippen LogP contribution in [-0.4, -0.2) is 0 Å². The number of benzene rings is 8. The summed E-state index contributed by atoms with van der Waals surface area (Å²) >= 11 is 0. The van der Waals surface area contributed by atoms with Crippen molar-refractivity contribution in [3.05, 3.63) is 234 Å². The van der Waals surface area contributed by atoms with Crippen molar-refractivity contribution in [2.24, 2.45) is 0 Å². The summed E-state index contributed by atoms with van der Waals surface area (Å²) in [5.74, 6) is 0. The van der Waals surface area contributed by atoms with E-state index in [2.05, 4.69) is 217 Å². The minimum absolute atomic E-state index is 0.547. The molecule has 0 fully saturated rings. The average molecular weight is 638 g/mol. The van der Waals surface area contributed by atoms with Crippen LogP contribution in [0.1, 0.15) is 22.3 Å². The summed E-state index contributed by atoms with van der Waals surface area (Å²) in [6.45, 7) is 0. The van der Waals surface area contributed by atoms with Gasteiger partial charge in [0.2, 0.25) is 0 Å². The zero-order chi connectivity index (χ0) is 33.3. The highest BCUT2D eigenvalue weighted by Crippen LogP contribution is 2.55. The summed E-state index contributed by atoms with van der Waals surface area (Å²) < 4.78 is 0. The van der Waals surface area contributed by atoms with Gasteiger partial charge >= 0.3 is 0 Å². The third-order valence-corrected chi connectivity index (χ3v) is 10.1. The van der Waals surface area contributed by atoms with Crippen molar-refractivity contribution in [1.82, 2.24) is 0 Å². The molecular weight excluding hydrogens is 603 g/mol. The zero-order valence-electron chi connectivity index (χ0n) is 27.7. The molecule has 1 nitrogen and oxygen atoms in total. The highest BCUT2D eigenvalue weighted by molar-refractivity contribution is 5.89. The lowest BCUT2D eigenvalue weighted by atomic mass is 9.68. The zero-order valence-corrected chi connectivity index (χ0v) is 27.7. The molecule has 0 bridgehead atoms. The molecule has 8 aromatic carbocycles. The van der Waals surface area contributed by atoms with Gasteiger partial charge in [-0.3, -0.25) is 0 Å². The van der Waals surface area contributed by atoms with Gasteiger partial charge in [-0.1, -0.05) is 176 Å². The number of hydrogen-bond acceptors (Lipinski definition) is 1. The van der Waals surface area contributed by atoms with Crippen molar-refractivity contribution in [1.29, 1.82) is 0 Å². The fourth-order valence-electron chi connectivity index (χ4n) is 7.77. The molecule has 0 aromatic heterocycles. The van der Waals surface area contributed by atoms with E-state index in [0.29, 0.717) is 0 Å². The van der Waals surface area contributed by atoms with Gasteiger partial charge in [0.05, 0.1) is 5.41 Å². The Balaban J connectivity index is 1.25. The fraction of sp³-hybridized carbons (Fsp3) is 0.0204. The molecule has 0 saturated carbocycles. The Hall–Kier alpha value is -6.44. The maximum absolute atomic E-state index is 2.47. The number of anilines is 2. The first kappa shape index (κ1) is 29.7. The van der Waals surface area contributed by atoms with Gasteiger partial charge in [0.1, 0.15) is 0 Å². The molecule has 0 aliphatic heterocycles. The molecule has 1 heteroatoms. The van der Waals surface area contributed by atoms with Crippen molar-refractivity contribution in [2.75, 3.05) is 4.90 Å². The lowest BCUT2D eigenvalue weighted by molar-refractivity contribution is 0.725. The lowest BCUT2D eigenvalue weighted by Gasteiger charge is -2.41. The van der Waals surface area contributed by atoms with Gasteiger partial charge in [-0.25, -0.2) is 0 Å². The Labute approximate surface area is 294 Å². The van der Waals surface area contributed by atoms with Gasteiger partial charge in [-0.05, 0) is 91.7 Å². The molecule has 1 aliphatic carbocycles. The molecule has 0 radical (unpaired) electrons. The second kappa shape index (κ2) is 12.5. The standard InChI is InChI=1S/C49H35N/c1-4-14-36(15-5-1)38-26-30-45(31-27-38)50(46-32-28-39(29-33-46)41-25-24-37-16-10-11-17-40(37)34-41)48-35-42-18-12-13-23-47(42)49(48,43-19-6-2-7-20-43)44-21-8-3-9-22-44/h1-35H. The first-order chi connectivity index (χ1) is 24.8. The maximum atomic E-state index is 2.47. The smallest absolute Gasteiger partial charge is 0.0863 e. The van der Waals surface area contributed by atoms with Crippen LogP contribution in [0.15, 0.2) is 212 Å². The molecule has 8 aromatic rings. The van der Waals surface area contributed by atoms with E-state index in [0.717, 1.165) is 11.4 Å². The second-order valence-corrected chi connectivity index (χ2v) is 13.0. The molecule has 50 heavy (non-hydrogen) atoms. The van der Waals surface area contributed by atoms with E-state index in [-0.39, 0.29) is 0 Å². The lowest BCUT2D eigenvalue weighted by Crippen LogP contribution is -2.37. The minimum Gasteiger partial charge on any atom is -0.313 e. The first-order valence-corrected chi connectivity index (χ1v) is 17.3. The van der Waals surface area contributed by atoms with Gasteiger partial charge in [0.15, 0.2) is 0 Å². The van der Waals surface area contributed by atoms with E-state index in [1.54, 1.807) is 0 Å². The highest BCUT2D eigenvalue weighted by Gasteiger charge is 2.47. The Bertz CT molecular complexity index is 2400. The predicted octanol–water partition coefficient (Wildman–Crippen LogP) is 12.7. The number of nitrogens with zero attached hydrogens (tertiary/aromatic N) is 1. The van der Waals surface area contributed by atoms with Crippen LogP contribution < -0.4 is 4.90 Å². The molecule has 0 unspecified atom stereocenters. The molecule has 236 valence electrons. The summed E-state index contributed by atoms with van der Waals surface area (Å²) in [7, 11) is 0. The van der Waals surface area contributed by atoms with Crippen LogP contribution in [0.25, 0.3) is 39.1 Å². The summed E-state index contributed by atoms with van der Waals surface area (Å²) in [4.78, 5) is 2.47. The molecule has 0 spiro atoms. The van der Waals surface area contributed by atoms with Crippen LogP contribution in [0.2, 0.25) is 0 Å². The van der Waals surface area contributed by atoms with Crippen molar-refractivity contribution < 1.29 is 0 Å². The van der Waals surface area contributed by atoms with E-state index in [1.165, 1.54) is 61.0 Å². The Morgan fingerprint density at radius 1 is 0.340 bits per heavy atom. The number of rotatable bonds is 7. The van der Waals surface area contributed by atoms with Gasteiger partial charge in [-0.15, -0.1) is 0 Å². The van der Waals surface area contributed by atoms with E-state index in [9.17, 15) is 0 Å². The Kier molecular flexibility index (Phi) is 7.44. The SMILES string of the molecule is C1=C(N(c2ccc(-c3ccccc3)cc2)c2ccc(-c3ccc4ccccc4c3)cc2)C(c2ccccc2)(c2ccccc2)c2ccccc21. The second-order valence-electron chi connectivity index (χ2n) is 13.0. The number of fused-ring (bicyclic) bond motifs is 2. The third-order valence-electron chi connectivity index (χ3n) is 10.1. The molecule has 1 aliphatic rings. The monoisotopic (exact) mass is 637 g/mol. The van der Waals surface area contributed by atoms with E-state index in [4.69, 9.17) is 0 Å². The normalized spacial score (nSPS) is 13.1. The van der Waals surface area contributed by atoms with E-state index in [1.807, 2.05) is 0 Å². The van der Waals surface area contributed by atoms with Crippen LogP contribution in [0.4, 0.5) is 11.4 Å². The number of allylic oxidation sites excluding steroid dienone is 1. The molecular formula is C49H35N. The topological polar surface area (TPSA) is 3.24 Å². The predicted molar refractivity (Wildman–Crippen MR) is 211 cm³/mol. The Morgan fingerprint density at radius 3 is 1.42 bits per heavy atom. The van der Waals surface area contributed by atoms with Crippen molar-refractivity contribution in [3.63, 3.8) is 0 Å². The summed E-state index contributed by atoms with van der Waals surface area (Å²) in [5, 5.41) is 2.50. The van der Waals surface area contributed by atoms with Crippen molar-refractivity contribution >= 4 is 28.2 Å². The molecule has 0 N–H and O–H groups in total. The first-order valence-electron chi connectivity index (χ1n) is 17.3. The largest absolute Gasteiger partial charge is 0.313 e. The van der Waals surface area contributed by atoms with Gasteiger partial charge in [0, 0.05) is 17.1 Å². The molecule has 0 saturated heterocycles. The van der Waals surface area contributed by atoms with E-state index < -0.39 is 5.41 Å². The van der Waals surface area contributed by atoms with Gasteiger partial charge in [0.25, 0.3) is 0 Å². The average Bonchev–Trinajstić information content (AvgIpc) is 3.55. The molecule has 9 rings (SSSR count). The van der Waals surface area contributed by atoms with Crippen molar-refractivity contribution in [2.45, 2.75) is 5.41 Å². The summed E-state index contributed by atoms with van der Waals surface area (Å²) in [6, 6.07) is 74.9. The van der Waals surface area contributed by atoms with Gasteiger partial charge in [-0.2, -0.15) is 0 Å². The molecule has 0 atom stereocenters. The quantitative estimate of drug-likeness (QED) is 0.168. The van der Waals surface area contributed by atoms with Crippen LogP contribution >= 0.6 is 0 Å². The van der Waals surface area contributed by atoms with Crippen LogP contribution in [-0.2, 0) is 5.41 Å². The molecule has 0 heterocycles. The summed E-state index contributed by atoms with van der Waals surface area (Å²) in [6.07, 6.45) is 2.40.